The third-order valence-corrected chi connectivity index (χ3v) is 10.1. The van der Waals surface area contributed by atoms with Crippen LogP contribution in [0.25, 0.3) is 49.9 Å². The molecule has 6 aromatic carbocycles. The fourth-order valence-corrected chi connectivity index (χ4v) is 7.75. The van der Waals surface area contributed by atoms with E-state index in [-0.39, 0.29) is 5.41 Å². The molecule has 0 unspecified atom stereocenters. The number of benzene rings is 6. The Morgan fingerprint density at radius 3 is 1.90 bits per heavy atom. The lowest BCUT2D eigenvalue weighted by molar-refractivity contribution is 0.660. The van der Waals surface area contributed by atoms with Crippen molar-refractivity contribution in [1.29, 1.82) is 0 Å². The summed E-state index contributed by atoms with van der Waals surface area (Å²) in [4.78, 5) is 2.39. The molecule has 0 N–H and O–H groups in total. The van der Waals surface area contributed by atoms with E-state index in [4.69, 9.17) is 5.10 Å². The number of hydrogen-bond donors (Lipinski definition) is 0. The number of pyridine rings is 1. The Morgan fingerprint density at radius 1 is 0.542 bits per heavy atom. The third-order valence-electron chi connectivity index (χ3n) is 10.1. The van der Waals surface area contributed by atoms with E-state index >= 15 is 0 Å². The van der Waals surface area contributed by atoms with E-state index in [1.165, 1.54) is 38.6 Å². The highest BCUT2D eigenvalue weighted by atomic mass is 15.2. The van der Waals surface area contributed by atoms with Crippen LogP contribution in [0, 0.1) is 6.92 Å². The maximum atomic E-state index is 5.28. The molecule has 3 nitrogen and oxygen atoms in total. The molecule has 0 spiro atoms. The molecule has 2 heterocycles. The molecule has 0 saturated carbocycles. The van der Waals surface area contributed by atoms with Crippen LogP contribution in [-0.2, 0) is 5.41 Å². The zero-order valence-electron chi connectivity index (χ0n) is 27.4. The van der Waals surface area contributed by atoms with E-state index < -0.39 is 0 Å². The van der Waals surface area contributed by atoms with Crippen molar-refractivity contribution in [1.82, 2.24) is 9.61 Å². The molecule has 0 aliphatic heterocycles. The fourth-order valence-electron chi connectivity index (χ4n) is 7.75. The van der Waals surface area contributed by atoms with Crippen molar-refractivity contribution in [3.63, 3.8) is 0 Å². The van der Waals surface area contributed by atoms with E-state index in [1.807, 2.05) is 0 Å². The number of aromatic nitrogens is 2. The van der Waals surface area contributed by atoms with Gasteiger partial charge in [0.1, 0.15) is 0 Å². The summed E-state index contributed by atoms with van der Waals surface area (Å²) in [6.45, 7) is 6.90. The Kier molecular flexibility index (Phi) is 6.38. The van der Waals surface area contributed by atoms with Crippen LogP contribution < -0.4 is 4.90 Å². The number of fused-ring (bicyclic) bond motifs is 6. The van der Waals surface area contributed by atoms with Crippen LogP contribution >= 0.6 is 0 Å². The highest BCUT2D eigenvalue weighted by Gasteiger charge is 2.35. The van der Waals surface area contributed by atoms with E-state index in [9.17, 15) is 0 Å². The van der Waals surface area contributed by atoms with Gasteiger partial charge in [-0.05, 0) is 77.0 Å². The Balaban J connectivity index is 1.28. The summed E-state index contributed by atoms with van der Waals surface area (Å²) in [7, 11) is 0. The first-order valence-electron chi connectivity index (χ1n) is 16.7. The summed E-state index contributed by atoms with van der Waals surface area (Å²) in [6, 6.07) is 56.8. The predicted octanol–water partition coefficient (Wildman–Crippen LogP) is 11.9. The van der Waals surface area contributed by atoms with Gasteiger partial charge in [-0.15, -0.1) is 0 Å². The van der Waals surface area contributed by atoms with Crippen LogP contribution in [0.5, 0.6) is 0 Å². The lowest BCUT2D eigenvalue weighted by Gasteiger charge is -2.28. The molecule has 230 valence electrons. The minimum absolute atomic E-state index is 0.0871. The molecule has 0 atom stereocenters. The van der Waals surface area contributed by atoms with Gasteiger partial charge in [0.05, 0.1) is 16.9 Å². The average Bonchev–Trinajstić information content (AvgIpc) is 3.60. The number of anilines is 3. The summed E-state index contributed by atoms with van der Waals surface area (Å²) >= 11 is 0. The Bertz CT molecular complexity index is 2470. The Hall–Kier alpha value is -5.93. The van der Waals surface area contributed by atoms with Gasteiger partial charge in [-0.3, -0.25) is 0 Å². The summed E-state index contributed by atoms with van der Waals surface area (Å²) in [6.07, 6.45) is 0. The lowest BCUT2D eigenvalue weighted by Crippen LogP contribution is -2.16. The fraction of sp³-hybridized carbons (Fsp3) is 0.0889. The lowest BCUT2D eigenvalue weighted by atomic mass is 9.82. The number of aryl methyl sites for hydroxylation is 1. The predicted molar refractivity (Wildman–Crippen MR) is 201 cm³/mol. The highest BCUT2D eigenvalue weighted by Crippen LogP contribution is 2.50. The normalized spacial score (nSPS) is 13.1. The van der Waals surface area contributed by atoms with Crippen molar-refractivity contribution >= 4 is 33.4 Å². The van der Waals surface area contributed by atoms with Crippen molar-refractivity contribution in [3.8, 4) is 33.6 Å². The van der Waals surface area contributed by atoms with Gasteiger partial charge in [-0.25, -0.2) is 4.52 Å². The van der Waals surface area contributed by atoms with Crippen LogP contribution in [0.2, 0.25) is 0 Å². The van der Waals surface area contributed by atoms with Crippen LogP contribution in [0.3, 0.4) is 0 Å². The van der Waals surface area contributed by atoms with Gasteiger partial charge in [-0.1, -0.05) is 129 Å². The zero-order valence-corrected chi connectivity index (χ0v) is 27.4. The molecule has 2 aromatic heterocycles. The quantitative estimate of drug-likeness (QED) is 0.191. The minimum atomic E-state index is -0.0871. The zero-order chi connectivity index (χ0) is 32.4. The van der Waals surface area contributed by atoms with E-state index in [0.29, 0.717) is 0 Å². The molecule has 0 radical (unpaired) electrons. The first-order chi connectivity index (χ1) is 23.5. The van der Waals surface area contributed by atoms with Gasteiger partial charge in [0.2, 0.25) is 0 Å². The maximum Gasteiger partial charge on any atom is 0.0963 e. The summed E-state index contributed by atoms with van der Waals surface area (Å²) in [5, 5.41) is 7.64. The molecule has 0 fully saturated rings. The molecular formula is C45H35N3. The second-order valence-corrected chi connectivity index (χ2v) is 13.3. The first-order valence-corrected chi connectivity index (χ1v) is 16.7. The summed E-state index contributed by atoms with van der Waals surface area (Å²) < 4.78 is 2.15. The van der Waals surface area contributed by atoms with E-state index in [1.54, 1.807) is 0 Å². The minimum Gasteiger partial charge on any atom is -0.310 e. The maximum absolute atomic E-state index is 5.28. The summed E-state index contributed by atoms with van der Waals surface area (Å²) in [5.41, 5.74) is 15.3. The molecule has 0 bridgehead atoms. The third kappa shape index (κ3) is 4.31. The van der Waals surface area contributed by atoms with Gasteiger partial charge in [0.25, 0.3) is 0 Å². The van der Waals surface area contributed by atoms with Crippen LogP contribution in [0.1, 0.15) is 30.5 Å². The van der Waals surface area contributed by atoms with Crippen LogP contribution in [-0.4, -0.2) is 9.61 Å². The average molecular weight is 618 g/mol. The highest BCUT2D eigenvalue weighted by molar-refractivity contribution is 6.04. The number of para-hydroxylation sites is 1. The van der Waals surface area contributed by atoms with Crippen molar-refractivity contribution in [3.05, 3.63) is 174 Å². The molecule has 48 heavy (non-hydrogen) atoms. The SMILES string of the molecule is Cc1c(-c2ccccc2)nn2c(-c3ccccc3)cc3ccc(N(c4ccccc4)c4ccc5c(c4)C(C)(C)c4ccccc4-5)cc3c12. The molecule has 0 saturated heterocycles. The van der Waals surface area contributed by atoms with E-state index in [2.05, 4.69) is 188 Å². The second-order valence-electron chi connectivity index (χ2n) is 13.3. The molecule has 9 rings (SSSR count). The number of hydrogen-bond acceptors (Lipinski definition) is 2. The Labute approximate surface area is 281 Å². The molecular weight excluding hydrogens is 583 g/mol. The van der Waals surface area contributed by atoms with Gasteiger partial charge >= 0.3 is 0 Å². The van der Waals surface area contributed by atoms with Crippen molar-refractivity contribution in [2.24, 2.45) is 0 Å². The smallest absolute Gasteiger partial charge is 0.0963 e. The standard InChI is InChI=1S/C45H35N3/c1-30-43(32-17-9-5-10-18-32)46-48-42(31-15-7-4-8-16-31)27-33-23-24-35(28-39(33)44(30)48)47(34-19-11-6-12-20-34)36-25-26-38-37-21-13-14-22-40(37)45(2,3)41(38)29-36/h4-29H,1-3H3. The molecule has 8 aromatic rings. The van der Waals surface area contributed by atoms with Crippen molar-refractivity contribution < 1.29 is 0 Å². The van der Waals surface area contributed by atoms with Gasteiger partial charge in [0, 0.05) is 44.6 Å². The van der Waals surface area contributed by atoms with Crippen LogP contribution in [0.4, 0.5) is 17.1 Å². The van der Waals surface area contributed by atoms with Gasteiger partial charge in [-0.2, -0.15) is 5.10 Å². The molecule has 3 heteroatoms. The molecule has 1 aliphatic rings. The van der Waals surface area contributed by atoms with Crippen molar-refractivity contribution in [2.45, 2.75) is 26.2 Å². The van der Waals surface area contributed by atoms with Gasteiger partial charge < -0.3 is 4.90 Å². The molecule has 0 amide bonds. The largest absolute Gasteiger partial charge is 0.310 e. The van der Waals surface area contributed by atoms with Crippen molar-refractivity contribution in [2.75, 3.05) is 4.90 Å². The first kappa shape index (κ1) is 28.3. The second kappa shape index (κ2) is 10.8. The van der Waals surface area contributed by atoms with E-state index in [0.717, 1.165) is 45.1 Å². The number of nitrogens with zero attached hydrogens (tertiary/aromatic N) is 3. The summed E-state index contributed by atoms with van der Waals surface area (Å²) in [5.74, 6) is 0. The van der Waals surface area contributed by atoms with Gasteiger partial charge in [0.15, 0.2) is 0 Å². The topological polar surface area (TPSA) is 20.5 Å². The number of rotatable bonds is 5. The Morgan fingerprint density at radius 2 is 1.15 bits per heavy atom. The monoisotopic (exact) mass is 617 g/mol. The molecule has 1 aliphatic carbocycles. The van der Waals surface area contributed by atoms with Crippen LogP contribution in [0.15, 0.2) is 158 Å².